The Kier molecular flexibility index (Phi) is 5.48. The number of carbonyl (C=O) groups excluding carboxylic acids is 1. The molecule has 3 rings (SSSR count). The van der Waals surface area contributed by atoms with Crippen LogP contribution in [0.25, 0.3) is 11.3 Å². The standard InChI is InChI=1S/C18H18FN5O/c19-15-5-3-13(4-6-15)18-14(11-22-24-18)10-21-9-7-17(25)23-16-2-1-8-20-12-16/h1-6,8,11-12,21H,7,9-10H2,(H,22,24)(H,23,25). The first kappa shape index (κ1) is 16.8. The minimum atomic E-state index is -0.275. The molecule has 3 N–H and O–H groups in total. The lowest BCUT2D eigenvalue weighted by Crippen LogP contribution is -2.21. The van der Waals surface area contributed by atoms with Crippen molar-refractivity contribution in [2.75, 3.05) is 11.9 Å². The van der Waals surface area contributed by atoms with E-state index < -0.39 is 0 Å². The van der Waals surface area contributed by atoms with Crippen molar-refractivity contribution in [3.8, 4) is 11.3 Å². The monoisotopic (exact) mass is 339 g/mol. The zero-order valence-corrected chi connectivity index (χ0v) is 13.5. The summed E-state index contributed by atoms with van der Waals surface area (Å²) in [5, 5.41) is 13.0. The van der Waals surface area contributed by atoms with Crippen molar-refractivity contribution >= 4 is 11.6 Å². The van der Waals surface area contributed by atoms with Gasteiger partial charge in [-0.25, -0.2) is 4.39 Å². The van der Waals surface area contributed by atoms with E-state index in [1.165, 1.54) is 12.1 Å². The van der Waals surface area contributed by atoms with Crippen LogP contribution in [0.3, 0.4) is 0 Å². The minimum Gasteiger partial charge on any atom is -0.325 e. The first-order valence-electron chi connectivity index (χ1n) is 7.91. The van der Waals surface area contributed by atoms with E-state index >= 15 is 0 Å². The highest BCUT2D eigenvalue weighted by atomic mass is 19.1. The molecule has 1 aromatic carbocycles. The fourth-order valence-corrected chi connectivity index (χ4v) is 2.40. The number of halogens is 1. The van der Waals surface area contributed by atoms with Gasteiger partial charge in [-0.2, -0.15) is 5.10 Å². The molecule has 0 fully saturated rings. The number of nitrogens with zero attached hydrogens (tertiary/aromatic N) is 2. The number of hydrogen-bond acceptors (Lipinski definition) is 4. The number of anilines is 1. The van der Waals surface area contributed by atoms with Gasteiger partial charge < -0.3 is 10.6 Å². The number of H-pyrrole nitrogens is 1. The summed E-state index contributed by atoms with van der Waals surface area (Å²) in [6.45, 7) is 1.09. The van der Waals surface area contributed by atoms with Crippen molar-refractivity contribution < 1.29 is 9.18 Å². The molecule has 128 valence electrons. The molecule has 25 heavy (non-hydrogen) atoms. The molecule has 2 aromatic heterocycles. The molecule has 0 bridgehead atoms. The maximum atomic E-state index is 13.0. The van der Waals surface area contributed by atoms with E-state index in [2.05, 4.69) is 25.8 Å². The second-order valence-electron chi connectivity index (χ2n) is 5.49. The van der Waals surface area contributed by atoms with Crippen LogP contribution in [0.5, 0.6) is 0 Å². The van der Waals surface area contributed by atoms with Crippen molar-refractivity contribution in [3.05, 3.63) is 66.4 Å². The van der Waals surface area contributed by atoms with E-state index in [-0.39, 0.29) is 11.7 Å². The van der Waals surface area contributed by atoms with Crippen LogP contribution in [0.15, 0.2) is 55.0 Å². The van der Waals surface area contributed by atoms with E-state index in [9.17, 15) is 9.18 Å². The molecule has 3 aromatic rings. The molecular weight excluding hydrogens is 321 g/mol. The molecule has 0 unspecified atom stereocenters. The third-order valence-electron chi connectivity index (χ3n) is 3.64. The summed E-state index contributed by atoms with van der Waals surface area (Å²) in [7, 11) is 0. The van der Waals surface area contributed by atoms with Crippen LogP contribution >= 0.6 is 0 Å². The maximum Gasteiger partial charge on any atom is 0.225 e. The van der Waals surface area contributed by atoms with Crippen LogP contribution in [-0.4, -0.2) is 27.6 Å². The summed E-state index contributed by atoms with van der Waals surface area (Å²) < 4.78 is 13.0. The third-order valence-corrected chi connectivity index (χ3v) is 3.64. The van der Waals surface area contributed by atoms with Crippen LogP contribution in [0.4, 0.5) is 10.1 Å². The van der Waals surface area contributed by atoms with Gasteiger partial charge in [-0.3, -0.25) is 14.9 Å². The summed E-state index contributed by atoms with van der Waals surface area (Å²) in [5.74, 6) is -0.353. The highest BCUT2D eigenvalue weighted by molar-refractivity contribution is 5.90. The summed E-state index contributed by atoms with van der Waals surface area (Å²) in [4.78, 5) is 15.8. The second kappa shape index (κ2) is 8.16. The second-order valence-corrected chi connectivity index (χ2v) is 5.49. The predicted molar refractivity (Wildman–Crippen MR) is 93.2 cm³/mol. The van der Waals surface area contributed by atoms with Gasteiger partial charge in [0.15, 0.2) is 0 Å². The number of hydrogen-bond donors (Lipinski definition) is 3. The van der Waals surface area contributed by atoms with Crippen LogP contribution < -0.4 is 10.6 Å². The van der Waals surface area contributed by atoms with Gasteiger partial charge in [0.05, 0.1) is 23.8 Å². The normalized spacial score (nSPS) is 10.6. The Labute approximate surface area is 144 Å². The molecule has 6 nitrogen and oxygen atoms in total. The number of benzene rings is 1. The Balaban J connectivity index is 1.47. The fourth-order valence-electron chi connectivity index (χ4n) is 2.40. The molecule has 0 aliphatic heterocycles. The largest absolute Gasteiger partial charge is 0.325 e. The third kappa shape index (κ3) is 4.71. The van der Waals surface area contributed by atoms with E-state index in [1.54, 1.807) is 42.9 Å². The van der Waals surface area contributed by atoms with Crippen molar-refractivity contribution in [3.63, 3.8) is 0 Å². The average molecular weight is 339 g/mol. The number of rotatable bonds is 7. The zero-order chi connectivity index (χ0) is 17.5. The molecular formula is C18H18FN5O. The van der Waals surface area contributed by atoms with E-state index in [0.29, 0.717) is 25.2 Å². The maximum absolute atomic E-state index is 13.0. The topological polar surface area (TPSA) is 82.7 Å². The molecule has 0 saturated heterocycles. The Morgan fingerprint density at radius 1 is 1.16 bits per heavy atom. The van der Waals surface area contributed by atoms with Gasteiger partial charge in [0.2, 0.25) is 5.91 Å². The fraction of sp³-hybridized carbons (Fsp3) is 0.167. The summed E-state index contributed by atoms with van der Waals surface area (Å²) >= 11 is 0. The Morgan fingerprint density at radius 2 is 2.00 bits per heavy atom. The van der Waals surface area contributed by atoms with Crippen LogP contribution in [0.2, 0.25) is 0 Å². The number of aromatic nitrogens is 3. The summed E-state index contributed by atoms with van der Waals surface area (Å²) in [6.07, 6.45) is 5.33. The number of nitrogens with one attached hydrogen (secondary N) is 3. The lowest BCUT2D eigenvalue weighted by atomic mass is 10.1. The molecule has 0 aliphatic carbocycles. The highest BCUT2D eigenvalue weighted by Gasteiger charge is 2.08. The first-order chi connectivity index (χ1) is 12.2. The molecule has 0 saturated carbocycles. The molecule has 0 radical (unpaired) electrons. The predicted octanol–water partition coefficient (Wildman–Crippen LogP) is 2.73. The Hall–Kier alpha value is -3.06. The number of amides is 1. The van der Waals surface area contributed by atoms with Gasteiger partial charge in [0, 0.05) is 36.8 Å². The van der Waals surface area contributed by atoms with Gasteiger partial charge in [0.25, 0.3) is 0 Å². The smallest absolute Gasteiger partial charge is 0.225 e. The Morgan fingerprint density at radius 3 is 2.76 bits per heavy atom. The van der Waals surface area contributed by atoms with E-state index in [1.807, 2.05) is 0 Å². The van der Waals surface area contributed by atoms with Gasteiger partial charge >= 0.3 is 0 Å². The van der Waals surface area contributed by atoms with Gasteiger partial charge in [0.1, 0.15) is 5.82 Å². The van der Waals surface area contributed by atoms with Crippen molar-refractivity contribution in [2.24, 2.45) is 0 Å². The molecule has 1 amide bonds. The van der Waals surface area contributed by atoms with Crippen molar-refractivity contribution in [2.45, 2.75) is 13.0 Å². The highest BCUT2D eigenvalue weighted by Crippen LogP contribution is 2.21. The molecule has 0 aliphatic rings. The molecule has 7 heteroatoms. The molecule has 2 heterocycles. The van der Waals surface area contributed by atoms with Gasteiger partial charge in [-0.1, -0.05) is 0 Å². The number of aromatic amines is 1. The van der Waals surface area contributed by atoms with Crippen LogP contribution in [0.1, 0.15) is 12.0 Å². The van der Waals surface area contributed by atoms with Gasteiger partial charge in [-0.05, 0) is 36.4 Å². The lowest BCUT2D eigenvalue weighted by Gasteiger charge is -2.07. The van der Waals surface area contributed by atoms with Crippen molar-refractivity contribution in [1.82, 2.24) is 20.5 Å². The number of pyridine rings is 1. The molecule has 0 spiro atoms. The van der Waals surface area contributed by atoms with Crippen LogP contribution in [0, 0.1) is 5.82 Å². The van der Waals surface area contributed by atoms with E-state index in [0.717, 1.165) is 16.8 Å². The minimum absolute atomic E-state index is 0.0774. The van der Waals surface area contributed by atoms with Gasteiger partial charge in [-0.15, -0.1) is 0 Å². The SMILES string of the molecule is O=C(CCNCc1cn[nH]c1-c1ccc(F)cc1)Nc1cccnc1. The zero-order valence-electron chi connectivity index (χ0n) is 13.5. The van der Waals surface area contributed by atoms with Crippen molar-refractivity contribution in [1.29, 1.82) is 0 Å². The van der Waals surface area contributed by atoms with E-state index in [4.69, 9.17) is 0 Å². The average Bonchev–Trinajstić information content (AvgIpc) is 3.09. The summed E-state index contributed by atoms with van der Waals surface area (Å²) in [6, 6.07) is 9.79. The quantitative estimate of drug-likeness (QED) is 0.578. The number of carbonyl (C=O) groups is 1. The summed E-state index contributed by atoms with van der Waals surface area (Å²) in [5.41, 5.74) is 3.34. The lowest BCUT2D eigenvalue weighted by molar-refractivity contribution is -0.116. The van der Waals surface area contributed by atoms with Crippen LogP contribution in [-0.2, 0) is 11.3 Å². The Bertz CT molecular complexity index is 817. The first-order valence-corrected chi connectivity index (χ1v) is 7.91. The molecule has 0 atom stereocenters.